The van der Waals surface area contributed by atoms with Gasteiger partial charge in [-0.1, -0.05) is 78.0 Å². The molecule has 2 aromatic carbocycles. The van der Waals surface area contributed by atoms with Crippen LogP contribution in [0.4, 0.5) is 0 Å². The highest BCUT2D eigenvalue weighted by molar-refractivity contribution is 5.40. The van der Waals surface area contributed by atoms with Crippen LogP contribution in [0, 0.1) is 12.3 Å². The molecule has 0 heterocycles. The van der Waals surface area contributed by atoms with Crippen LogP contribution in [0.1, 0.15) is 70.7 Å². The molecular weight excluding hydrogens is 420 g/mol. The van der Waals surface area contributed by atoms with Crippen LogP contribution in [0.15, 0.2) is 61.7 Å². The first-order chi connectivity index (χ1) is 15.7. The van der Waals surface area contributed by atoms with Gasteiger partial charge in [0.15, 0.2) is 11.5 Å². The van der Waals surface area contributed by atoms with Crippen molar-refractivity contribution in [3.05, 3.63) is 84.0 Å². The van der Waals surface area contributed by atoms with Gasteiger partial charge in [0.2, 0.25) is 0 Å². The van der Waals surface area contributed by atoms with Crippen molar-refractivity contribution in [1.29, 1.82) is 0 Å². The topological polar surface area (TPSA) is 92.5 Å². The number of rotatable bonds is 4. The number of aryl methyl sites for hydroxylation is 1. The Balaban J connectivity index is 0. The number of aromatic hydroxyl groups is 2. The Kier molecular flexibility index (Phi) is 16.8. The summed E-state index contributed by atoms with van der Waals surface area (Å²) in [5.74, 6) is -0.179. The molecule has 0 aromatic heterocycles. The van der Waals surface area contributed by atoms with Crippen LogP contribution < -0.4 is 11.5 Å². The lowest BCUT2D eigenvalue weighted by Gasteiger charge is -2.22. The molecule has 0 saturated heterocycles. The number of allylic oxidation sites excluding steroid dienone is 2. The molecule has 0 amide bonds. The molecule has 34 heavy (non-hydrogen) atoms. The van der Waals surface area contributed by atoms with E-state index >= 15 is 0 Å². The van der Waals surface area contributed by atoms with Gasteiger partial charge in [0.1, 0.15) is 0 Å². The first-order valence-corrected chi connectivity index (χ1v) is 11.9. The Labute approximate surface area is 209 Å². The zero-order valence-electron chi connectivity index (χ0n) is 22.9. The van der Waals surface area contributed by atoms with E-state index in [1.54, 1.807) is 12.1 Å². The minimum atomic E-state index is -0.0919. The van der Waals surface area contributed by atoms with Gasteiger partial charge in [-0.25, -0.2) is 0 Å². The van der Waals surface area contributed by atoms with Gasteiger partial charge in [-0.15, -0.1) is 13.2 Å². The van der Waals surface area contributed by atoms with Crippen LogP contribution in [0.2, 0.25) is 0 Å². The summed E-state index contributed by atoms with van der Waals surface area (Å²) < 4.78 is 0. The summed E-state index contributed by atoms with van der Waals surface area (Å²) in [7, 11) is 0. The summed E-state index contributed by atoms with van der Waals surface area (Å²) in [5, 5.41) is 18.0. The van der Waals surface area contributed by atoms with E-state index in [0.29, 0.717) is 18.4 Å². The second-order valence-corrected chi connectivity index (χ2v) is 10.3. The molecule has 2 rings (SSSR count). The summed E-state index contributed by atoms with van der Waals surface area (Å²) >= 11 is 0. The van der Waals surface area contributed by atoms with Crippen molar-refractivity contribution in [2.75, 3.05) is 13.1 Å². The third kappa shape index (κ3) is 16.1. The maximum atomic E-state index is 9.04. The summed E-state index contributed by atoms with van der Waals surface area (Å²) in [6.07, 6.45) is 5.38. The molecule has 0 atom stereocenters. The van der Waals surface area contributed by atoms with Crippen LogP contribution in [0.3, 0.4) is 0 Å². The lowest BCUT2D eigenvalue weighted by atomic mass is 9.83. The van der Waals surface area contributed by atoms with E-state index in [1.165, 1.54) is 28.8 Å². The Bertz CT molecular complexity index is 844. The average molecular weight is 471 g/mol. The van der Waals surface area contributed by atoms with Gasteiger partial charge in [0, 0.05) is 0 Å². The normalized spacial score (nSPS) is 10.4. The Morgan fingerprint density at radius 3 is 1.53 bits per heavy atom. The number of phenolic OH excluding ortho intramolecular Hbond substituents is 2. The third-order valence-corrected chi connectivity index (χ3v) is 4.62. The third-order valence-electron chi connectivity index (χ3n) is 4.62. The fourth-order valence-corrected chi connectivity index (χ4v) is 2.78. The van der Waals surface area contributed by atoms with Crippen LogP contribution >= 0.6 is 0 Å². The highest BCUT2D eigenvalue weighted by Crippen LogP contribution is 2.26. The fourth-order valence-electron chi connectivity index (χ4n) is 2.78. The summed E-state index contributed by atoms with van der Waals surface area (Å²) in [6.45, 7) is 25.5. The zero-order chi connectivity index (χ0) is 26.9. The van der Waals surface area contributed by atoms with E-state index in [4.69, 9.17) is 21.7 Å². The molecule has 0 saturated carbocycles. The number of nitrogens with two attached hydrogens (primary N) is 2. The van der Waals surface area contributed by atoms with E-state index in [9.17, 15) is 0 Å². The molecule has 192 valence electrons. The molecule has 0 aliphatic heterocycles. The first kappa shape index (κ1) is 33.6. The van der Waals surface area contributed by atoms with Gasteiger partial charge >= 0.3 is 0 Å². The van der Waals surface area contributed by atoms with Crippen molar-refractivity contribution in [3.8, 4) is 11.5 Å². The van der Waals surface area contributed by atoms with Crippen LogP contribution in [0.25, 0.3) is 0 Å². The Morgan fingerprint density at radius 2 is 1.21 bits per heavy atom. The minimum absolute atomic E-state index is 0.0871. The maximum absolute atomic E-state index is 9.04. The number of hydrogen-bond donors (Lipinski definition) is 4. The predicted molar refractivity (Wildman–Crippen MR) is 151 cm³/mol. The summed E-state index contributed by atoms with van der Waals surface area (Å²) in [5.41, 5.74) is 16.5. The SMILES string of the molecule is C=CC.C=CC(C)(C)C.Cc1cc(CCN)ccc1C(C)(C)C.NCCc1ccc(O)c(O)c1. The van der Waals surface area contributed by atoms with E-state index in [-0.39, 0.29) is 16.9 Å². The van der Waals surface area contributed by atoms with Crippen molar-refractivity contribution in [2.45, 2.75) is 73.6 Å². The number of phenols is 2. The molecule has 0 unspecified atom stereocenters. The monoisotopic (exact) mass is 470 g/mol. The Morgan fingerprint density at radius 1 is 0.794 bits per heavy atom. The molecule has 4 heteroatoms. The van der Waals surface area contributed by atoms with Crippen molar-refractivity contribution in [1.82, 2.24) is 0 Å². The molecule has 4 nitrogen and oxygen atoms in total. The molecule has 0 bridgehead atoms. The van der Waals surface area contributed by atoms with Gasteiger partial charge < -0.3 is 21.7 Å². The highest BCUT2D eigenvalue weighted by Gasteiger charge is 2.15. The quantitative estimate of drug-likeness (QED) is 0.292. The lowest BCUT2D eigenvalue weighted by molar-refractivity contribution is 0.403. The molecule has 0 radical (unpaired) electrons. The predicted octanol–water partition coefficient (Wildman–Crippen LogP) is 6.80. The van der Waals surface area contributed by atoms with Crippen LogP contribution in [0.5, 0.6) is 11.5 Å². The largest absolute Gasteiger partial charge is 0.504 e. The molecule has 6 N–H and O–H groups in total. The van der Waals surface area contributed by atoms with Crippen molar-refractivity contribution < 1.29 is 10.2 Å². The second kappa shape index (κ2) is 17.0. The average Bonchev–Trinajstić information content (AvgIpc) is 2.71. The van der Waals surface area contributed by atoms with Crippen molar-refractivity contribution in [3.63, 3.8) is 0 Å². The van der Waals surface area contributed by atoms with E-state index < -0.39 is 0 Å². The van der Waals surface area contributed by atoms with Crippen molar-refractivity contribution >= 4 is 0 Å². The van der Waals surface area contributed by atoms with Crippen molar-refractivity contribution in [2.24, 2.45) is 16.9 Å². The molecule has 0 aliphatic rings. The second-order valence-electron chi connectivity index (χ2n) is 10.3. The molecule has 2 aromatic rings. The zero-order valence-corrected chi connectivity index (χ0v) is 22.9. The first-order valence-electron chi connectivity index (χ1n) is 11.9. The summed E-state index contributed by atoms with van der Waals surface area (Å²) in [4.78, 5) is 0. The molecule has 0 spiro atoms. The molecule has 0 fully saturated rings. The van der Waals surface area contributed by atoms with Gasteiger partial charge in [0.05, 0.1) is 0 Å². The van der Waals surface area contributed by atoms with Gasteiger partial charge in [-0.05, 0) is 85.0 Å². The smallest absolute Gasteiger partial charge is 0.157 e. The van der Waals surface area contributed by atoms with Crippen LogP contribution in [-0.4, -0.2) is 23.3 Å². The number of benzene rings is 2. The minimum Gasteiger partial charge on any atom is -0.504 e. The Hall–Kier alpha value is -2.56. The number of hydrogen-bond acceptors (Lipinski definition) is 4. The maximum Gasteiger partial charge on any atom is 0.157 e. The molecular formula is C30H50N2O2. The molecule has 0 aliphatic carbocycles. The van der Waals surface area contributed by atoms with E-state index in [0.717, 1.165) is 18.5 Å². The highest BCUT2D eigenvalue weighted by atomic mass is 16.3. The van der Waals surface area contributed by atoms with Gasteiger partial charge in [0.25, 0.3) is 0 Å². The van der Waals surface area contributed by atoms with E-state index in [1.807, 2.05) is 13.0 Å². The standard InChI is InChI=1S/C13H21N.C8H11NO2.C6H12.C3H6/c1-10-9-11(7-8-14)5-6-12(10)13(2,3)4;9-4-3-6-1-2-7(10)8(11)5-6;1-5-6(2,3)4;1-3-2/h5-6,9H,7-8,14H2,1-4H3;1-2,5,10-11H,3-4,9H2;5H,1H2,2-4H3;3H,1H2,2H3. The van der Waals surface area contributed by atoms with E-state index in [2.05, 4.69) is 79.8 Å². The van der Waals surface area contributed by atoms with Crippen LogP contribution in [-0.2, 0) is 18.3 Å². The fraction of sp³-hybridized carbons (Fsp3) is 0.467. The summed E-state index contributed by atoms with van der Waals surface area (Å²) in [6, 6.07) is 11.4. The lowest BCUT2D eigenvalue weighted by Crippen LogP contribution is -2.13. The van der Waals surface area contributed by atoms with Gasteiger partial charge in [-0.2, -0.15) is 0 Å². The van der Waals surface area contributed by atoms with Gasteiger partial charge in [-0.3, -0.25) is 0 Å².